The van der Waals surface area contributed by atoms with Gasteiger partial charge in [0.2, 0.25) is 0 Å². The minimum Gasteiger partial charge on any atom is -0.497 e. The first-order valence-electron chi connectivity index (χ1n) is 5.97. The Kier molecular flexibility index (Phi) is 2.52. The van der Waals surface area contributed by atoms with Gasteiger partial charge in [0.15, 0.2) is 0 Å². The SMILES string of the molecule is COc1ccn2cc(C3CCN(C)C3)nc2c1. The molecule has 2 aromatic rings. The van der Waals surface area contributed by atoms with E-state index in [4.69, 9.17) is 9.72 Å². The fourth-order valence-electron chi connectivity index (χ4n) is 2.48. The van der Waals surface area contributed by atoms with E-state index in [1.165, 1.54) is 18.7 Å². The Morgan fingerprint density at radius 1 is 1.47 bits per heavy atom. The summed E-state index contributed by atoms with van der Waals surface area (Å²) in [4.78, 5) is 7.05. The maximum atomic E-state index is 5.21. The summed E-state index contributed by atoms with van der Waals surface area (Å²) >= 11 is 0. The third-order valence-electron chi connectivity index (χ3n) is 3.50. The van der Waals surface area contributed by atoms with Gasteiger partial charge < -0.3 is 14.0 Å². The molecule has 4 nitrogen and oxygen atoms in total. The van der Waals surface area contributed by atoms with Gasteiger partial charge in [-0.1, -0.05) is 0 Å². The number of methoxy groups -OCH3 is 1. The summed E-state index contributed by atoms with van der Waals surface area (Å²) in [6.07, 6.45) is 5.35. The lowest BCUT2D eigenvalue weighted by Gasteiger charge is -2.06. The first-order valence-corrected chi connectivity index (χ1v) is 5.97. The van der Waals surface area contributed by atoms with Crippen LogP contribution < -0.4 is 4.74 Å². The van der Waals surface area contributed by atoms with Crippen molar-refractivity contribution in [2.45, 2.75) is 12.3 Å². The molecule has 0 aliphatic carbocycles. The summed E-state index contributed by atoms with van der Waals surface area (Å²) in [5.74, 6) is 1.43. The Bertz CT molecular complexity index is 534. The summed E-state index contributed by atoms with van der Waals surface area (Å²) in [5.41, 5.74) is 2.16. The lowest BCUT2D eigenvalue weighted by atomic mass is 10.1. The van der Waals surface area contributed by atoms with Crippen LogP contribution in [0.1, 0.15) is 18.0 Å². The molecule has 3 rings (SSSR count). The fraction of sp³-hybridized carbons (Fsp3) is 0.462. The Hall–Kier alpha value is -1.55. The lowest BCUT2D eigenvalue weighted by molar-refractivity contribution is 0.411. The first kappa shape index (κ1) is 10.6. The molecule has 0 aromatic carbocycles. The second-order valence-corrected chi connectivity index (χ2v) is 4.75. The molecule has 0 saturated carbocycles. The van der Waals surface area contributed by atoms with E-state index in [0.29, 0.717) is 5.92 Å². The largest absolute Gasteiger partial charge is 0.497 e. The van der Waals surface area contributed by atoms with E-state index in [9.17, 15) is 0 Å². The zero-order valence-electron chi connectivity index (χ0n) is 10.3. The number of imidazole rings is 1. The summed E-state index contributed by atoms with van der Waals surface area (Å²) < 4.78 is 7.28. The molecule has 2 aromatic heterocycles. The highest BCUT2D eigenvalue weighted by Gasteiger charge is 2.23. The van der Waals surface area contributed by atoms with Crippen molar-refractivity contribution in [2.75, 3.05) is 27.2 Å². The second-order valence-electron chi connectivity index (χ2n) is 4.75. The van der Waals surface area contributed by atoms with Gasteiger partial charge in [-0.05, 0) is 26.1 Å². The van der Waals surface area contributed by atoms with Crippen LogP contribution in [0.5, 0.6) is 5.75 Å². The van der Waals surface area contributed by atoms with Crippen LogP contribution in [0, 0.1) is 0 Å². The van der Waals surface area contributed by atoms with E-state index in [1.54, 1.807) is 7.11 Å². The number of fused-ring (bicyclic) bond motifs is 1. The molecule has 1 aliphatic heterocycles. The number of ether oxygens (including phenoxy) is 1. The van der Waals surface area contributed by atoms with Crippen molar-refractivity contribution < 1.29 is 4.74 Å². The van der Waals surface area contributed by atoms with Crippen molar-refractivity contribution in [1.29, 1.82) is 0 Å². The van der Waals surface area contributed by atoms with Crippen molar-refractivity contribution >= 4 is 5.65 Å². The summed E-state index contributed by atoms with van der Waals surface area (Å²) in [6.45, 7) is 2.28. The van der Waals surface area contributed by atoms with Crippen LogP contribution in [-0.2, 0) is 0 Å². The van der Waals surface area contributed by atoms with Crippen molar-refractivity contribution in [3.63, 3.8) is 0 Å². The van der Waals surface area contributed by atoms with Crippen LogP contribution in [-0.4, -0.2) is 41.5 Å². The molecule has 1 saturated heterocycles. The molecule has 0 N–H and O–H groups in total. The Labute approximate surface area is 101 Å². The normalized spacial score (nSPS) is 21.2. The number of hydrogen-bond donors (Lipinski definition) is 0. The van der Waals surface area contributed by atoms with Crippen molar-refractivity contribution in [2.24, 2.45) is 0 Å². The van der Waals surface area contributed by atoms with Gasteiger partial charge in [-0.15, -0.1) is 0 Å². The monoisotopic (exact) mass is 231 g/mol. The van der Waals surface area contributed by atoms with Gasteiger partial charge in [-0.2, -0.15) is 0 Å². The smallest absolute Gasteiger partial charge is 0.140 e. The van der Waals surface area contributed by atoms with Crippen LogP contribution in [0.25, 0.3) is 5.65 Å². The van der Waals surface area contributed by atoms with Crippen molar-refractivity contribution in [3.05, 3.63) is 30.2 Å². The van der Waals surface area contributed by atoms with Gasteiger partial charge in [-0.3, -0.25) is 0 Å². The summed E-state index contributed by atoms with van der Waals surface area (Å²) in [6, 6.07) is 3.93. The van der Waals surface area contributed by atoms with Gasteiger partial charge in [-0.25, -0.2) is 4.98 Å². The molecule has 90 valence electrons. The third kappa shape index (κ3) is 1.89. The fourth-order valence-corrected chi connectivity index (χ4v) is 2.48. The van der Waals surface area contributed by atoms with Crippen LogP contribution in [0.3, 0.4) is 0 Å². The summed E-state index contributed by atoms with van der Waals surface area (Å²) in [5, 5.41) is 0. The van der Waals surface area contributed by atoms with Crippen molar-refractivity contribution in [1.82, 2.24) is 14.3 Å². The maximum Gasteiger partial charge on any atom is 0.140 e. The van der Waals surface area contributed by atoms with Gasteiger partial charge >= 0.3 is 0 Å². The van der Waals surface area contributed by atoms with Crippen LogP contribution in [0.4, 0.5) is 0 Å². The summed E-state index contributed by atoms with van der Waals surface area (Å²) in [7, 11) is 3.85. The average molecular weight is 231 g/mol. The quantitative estimate of drug-likeness (QED) is 0.789. The van der Waals surface area contributed by atoms with Crippen LogP contribution in [0.15, 0.2) is 24.5 Å². The number of nitrogens with zero attached hydrogens (tertiary/aromatic N) is 3. The van der Waals surface area contributed by atoms with E-state index in [-0.39, 0.29) is 0 Å². The minimum absolute atomic E-state index is 0.575. The van der Waals surface area contributed by atoms with Crippen LogP contribution in [0.2, 0.25) is 0 Å². The standard InChI is InChI=1S/C13H17N3O/c1-15-5-3-10(8-15)12-9-16-6-4-11(17-2)7-13(16)14-12/h4,6-7,9-10H,3,5,8H2,1-2H3. The number of likely N-dealkylation sites (N-methyl/N-ethyl adjacent to an activating group) is 1. The number of aromatic nitrogens is 2. The Morgan fingerprint density at radius 3 is 3.06 bits per heavy atom. The molecule has 1 atom stereocenters. The van der Waals surface area contributed by atoms with Crippen molar-refractivity contribution in [3.8, 4) is 5.75 Å². The molecule has 1 unspecified atom stereocenters. The Morgan fingerprint density at radius 2 is 2.35 bits per heavy atom. The number of likely N-dealkylation sites (tertiary alicyclic amines) is 1. The highest BCUT2D eigenvalue weighted by atomic mass is 16.5. The molecule has 4 heteroatoms. The molecule has 3 heterocycles. The number of hydrogen-bond acceptors (Lipinski definition) is 3. The van der Waals surface area contributed by atoms with Crippen LogP contribution >= 0.6 is 0 Å². The number of pyridine rings is 1. The first-order chi connectivity index (χ1) is 8.26. The molecule has 1 aliphatic rings. The molecular weight excluding hydrogens is 214 g/mol. The van der Waals surface area contributed by atoms with Gasteiger partial charge in [0.25, 0.3) is 0 Å². The zero-order chi connectivity index (χ0) is 11.8. The van der Waals surface area contributed by atoms with Gasteiger partial charge in [0, 0.05) is 30.9 Å². The molecule has 0 spiro atoms. The Balaban J connectivity index is 1.96. The maximum absolute atomic E-state index is 5.21. The van der Waals surface area contributed by atoms with E-state index >= 15 is 0 Å². The van der Waals surface area contributed by atoms with Gasteiger partial charge in [0.05, 0.1) is 12.8 Å². The highest BCUT2D eigenvalue weighted by molar-refractivity contribution is 5.46. The third-order valence-corrected chi connectivity index (χ3v) is 3.50. The van der Waals surface area contributed by atoms with Gasteiger partial charge in [0.1, 0.15) is 11.4 Å². The van der Waals surface area contributed by atoms with E-state index in [1.807, 2.05) is 18.3 Å². The molecule has 0 radical (unpaired) electrons. The van der Waals surface area contributed by atoms with E-state index in [2.05, 4.69) is 22.5 Å². The lowest BCUT2D eigenvalue weighted by Crippen LogP contribution is -2.13. The predicted octanol–water partition coefficient (Wildman–Crippen LogP) is 1.76. The molecule has 0 bridgehead atoms. The second kappa shape index (κ2) is 4.04. The van der Waals surface area contributed by atoms with E-state index in [0.717, 1.165) is 17.9 Å². The minimum atomic E-state index is 0.575. The number of rotatable bonds is 2. The molecular formula is C13H17N3O. The predicted molar refractivity (Wildman–Crippen MR) is 66.6 cm³/mol. The molecule has 1 fully saturated rings. The van der Waals surface area contributed by atoms with E-state index < -0.39 is 0 Å². The topological polar surface area (TPSA) is 29.8 Å². The highest BCUT2D eigenvalue weighted by Crippen LogP contribution is 2.26. The zero-order valence-corrected chi connectivity index (χ0v) is 10.3. The molecule has 0 amide bonds. The molecule has 17 heavy (non-hydrogen) atoms. The average Bonchev–Trinajstić information content (AvgIpc) is 2.93.